The topological polar surface area (TPSA) is 55.6 Å². The smallest absolute Gasteiger partial charge is 0.176 e. The summed E-state index contributed by atoms with van der Waals surface area (Å²) in [6.45, 7) is 7.31. The van der Waals surface area contributed by atoms with E-state index >= 15 is 0 Å². The first-order chi connectivity index (χ1) is 10.7. The average Bonchev–Trinajstić information content (AvgIpc) is 2.98. The molecule has 1 heterocycles. The summed E-state index contributed by atoms with van der Waals surface area (Å²) in [4.78, 5) is 0. The molecule has 0 unspecified atom stereocenters. The molecule has 1 aliphatic carbocycles. The second-order valence-corrected chi connectivity index (χ2v) is 6.38. The van der Waals surface area contributed by atoms with Crippen molar-refractivity contribution in [2.75, 3.05) is 6.54 Å². The van der Waals surface area contributed by atoms with E-state index in [9.17, 15) is 0 Å². The van der Waals surface area contributed by atoms with Crippen LogP contribution in [0.4, 0.5) is 0 Å². The minimum atomic E-state index is -0.0895. The zero-order valence-corrected chi connectivity index (χ0v) is 13.8. The lowest BCUT2D eigenvalue weighted by atomic mass is 9.80. The van der Waals surface area contributed by atoms with Gasteiger partial charge in [-0.1, -0.05) is 43.9 Å². The average molecular weight is 299 g/mol. The lowest BCUT2D eigenvalue weighted by molar-refractivity contribution is 0.220. The van der Waals surface area contributed by atoms with Crippen LogP contribution in [0.15, 0.2) is 18.2 Å². The highest BCUT2D eigenvalue weighted by atomic mass is 15.6. The van der Waals surface area contributed by atoms with Gasteiger partial charge in [0.25, 0.3) is 0 Å². The van der Waals surface area contributed by atoms with Gasteiger partial charge < -0.3 is 5.32 Å². The zero-order valence-electron chi connectivity index (χ0n) is 13.8. The van der Waals surface area contributed by atoms with Crippen LogP contribution in [0, 0.1) is 13.8 Å². The van der Waals surface area contributed by atoms with Crippen LogP contribution in [0.3, 0.4) is 0 Å². The van der Waals surface area contributed by atoms with E-state index in [2.05, 4.69) is 59.8 Å². The van der Waals surface area contributed by atoms with Gasteiger partial charge in [0.1, 0.15) is 0 Å². The van der Waals surface area contributed by atoms with Crippen LogP contribution in [0.5, 0.6) is 0 Å². The maximum Gasteiger partial charge on any atom is 0.176 e. The van der Waals surface area contributed by atoms with Gasteiger partial charge in [0.15, 0.2) is 5.82 Å². The number of hydrogen-bond acceptors (Lipinski definition) is 4. The van der Waals surface area contributed by atoms with Crippen LogP contribution in [0.2, 0.25) is 0 Å². The Morgan fingerprint density at radius 1 is 1.18 bits per heavy atom. The van der Waals surface area contributed by atoms with Crippen molar-refractivity contribution < 1.29 is 0 Å². The third kappa shape index (κ3) is 2.65. The Hall–Kier alpha value is -1.75. The SMILES string of the molecule is CCNC1(c2nnnn2-c2ccc(C)cc2C)CCCCC1. The molecule has 118 valence electrons. The lowest BCUT2D eigenvalue weighted by Crippen LogP contribution is -2.46. The monoisotopic (exact) mass is 299 g/mol. The van der Waals surface area contributed by atoms with Crippen LogP contribution in [-0.2, 0) is 5.54 Å². The summed E-state index contributed by atoms with van der Waals surface area (Å²) in [5.74, 6) is 0.959. The van der Waals surface area contributed by atoms with Crippen LogP contribution in [-0.4, -0.2) is 26.8 Å². The van der Waals surface area contributed by atoms with Gasteiger partial charge in [0, 0.05) is 0 Å². The van der Waals surface area contributed by atoms with Crippen LogP contribution in [0.25, 0.3) is 5.69 Å². The van der Waals surface area contributed by atoms with Gasteiger partial charge in [0.05, 0.1) is 11.2 Å². The number of aromatic nitrogens is 4. The fraction of sp³-hybridized carbons (Fsp3) is 0.588. The van der Waals surface area contributed by atoms with Gasteiger partial charge in [-0.25, -0.2) is 0 Å². The largest absolute Gasteiger partial charge is 0.305 e. The second-order valence-electron chi connectivity index (χ2n) is 6.38. The molecule has 2 aromatic rings. The van der Waals surface area contributed by atoms with E-state index in [1.807, 2.05) is 4.68 Å². The molecule has 0 atom stereocenters. The molecule has 1 aromatic carbocycles. The van der Waals surface area contributed by atoms with Gasteiger partial charge >= 0.3 is 0 Å². The highest BCUT2D eigenvalue weighted by molar-refractivity contribution is 5.42. The molecule has 3 rings (SSSR count). The Morgan fingerprint density at radius 2 is 1.95 bits per heavy atom. The van der Waals surface area contributed by atoms with E-state index in [1.165, 1.54) is 30.4 Å². The standard InChI is InChI=1S/C17H25N5/c1-4-18-17(10-6-5-7-11-17)16-19-20-21-22(16)15-9-8-13(2)12-14(15)3/h8-9,12,18H,4-7,10-11H2,1-3H3. The zero-order chi connectivity index (χ0) is 15.6. The molecule has 1 saturated carbocycles. The molecular weight excluding hydrogens is 274 g/mol. The van der Waals surface area contributed by atoms with Crippen LogP contribution < -0.4 is 5.32 Å². The highest BCUT2D eigenvalue weighted by Crippen LogP contribution is 2.36. The molecule has 5 nitrogen and oxygen atoms in total. The first kappa shape index (κ1) is 15.2. The number of hydrogen-bond donors (Lipinski definition) is 1. The Morgan fingerprint density at radius 3 is 2.64 bits per heavy atom. The number of rotatable bonds is 4. The summed E-state index contributed by atoms with van der Waals surface area (Å²) in [5.41, 5.74) is 3.45. The normalized spacial score (nSPS) is 17.6. The summed E-state index contributed by atoms with van der Waals surface area (Å²) in [7, 11) is 0. The molecule has 0 spiro atoms. The first-order valence-electron chi connectivity index (χ1n) is 8.28. The predicted octanol–water partition coefficient (Wildman–Crippen LogP) is 3.05. The van der Waals surface area contributed by atoms with Gasteiger partial charge in [-0.15, -0.1) is 5.10 Å². The van der Waals surface area contributed by atoms with Crippen molar-refractivity contribution in [3.05, 3.63) is 35.2 Å². The third-order valence-corrected chi connectivity index (χ3v) is 4.70. The van der Waals surface area contributed by atoms with Crippen LogP contribution in [0.1, 0.15) is 56.0 Å². The van der Waals surface area contributed by atoms with E-state index < -0.39 is 0 Å². The number of nitrogens with one attached hydrogen (secondary N) is 1. The fourth-order valence-electron chi connectivity index (χ4n) is 3.66. The Labute approximate surface area is 132 Å². The molecule has 22 heavy (non-hydrogen) atoms. The van der Waals surface area contributed by atoms with Crippen molar-refractivity contribution >= 4 is 0 Å². The molecule has 1 aliphatic rings. The van der Waals surface area contributed by atoms with Crippen molar-refractivity contribution in [1.29, 1.82) is 0 Å². The number of benzene rings is 1. The van der Waals surface area contributed by atoms with Crippen molar-refractivity contribution in [3.8, 4) is 5.69 Å². The summed E-state index contributed by atoms with van der Waals surface area (Å²) >= 11 is 0. The van der Waals surface area contributed by atoms with Gasteiger partial charge in [-0.3, -0.25) is 0 Å². The highest BCUT2D eigenvalue weighted by Gasteiger charge is 2.38. The lowest BCUT2D eigenvalue weighted by Gasteiger charge is -2.36. The van der Waals surface area contributed by atoms with Crippen molar-refractivity contribution in [1.82, 2.24) is 25.5 Å². The minimum absolute atomic E-state index is 0.0895. The summed E-state index contributed by atoms with van der Waals surface area (Å²) in [5, 5.41) is 16.4. The third-order valence-electron chi connectivity index (χ3n) is 4.70. The number of aryl methyl sites for hydroxylation is 2. The number of nitrogens with zero attached hydrogens (tertiary/aromatic N) is 4. The van der Waals surface area contributed by atoms with E-state index in [0.29, 0.717) is 0 Å². The molecule has 5 heteroatoms. The maximum absolute atomic E-state index is 4.41. The molecule has 1 aromatic heterocycles. The second kappa shape index (κ2) is 6.16. The van der Waals surface area contributed by atoms with Crippen molar-refractivity contribution in [2.45, 2.75) is 58.4 Å². The Balaban J connectivity index is 2.07. The summed E-state index contributed by atoms with van der Waals surface area (Å²) in [6.07, 6.45) is 5.97. The molecule has 0 bridgehead atoms. The quantitative estimate of drug-likeness (QED) is 0.942. The van der Waals surface area contributed by atoms with Crippen LogP contribution >= 0.6 is 0 Å². The minimum Gasteiger partial charge on any atom is -0.305 e. The van der Waals surface area contributed by atoms with E-state index in [1.54, 1.807) is 0 Å². The van der Waals surface area contributed by atoms with Gasteiger partial charge in [-0.05, 0) is 55.3 Å². The van der Waals surface area contributed by atoms with E-state index in [-0.39, 0.29) is 5.54 Å². The fourth-order valence-corrected chi connectivity index (χ4v) is 3.66. The molecule has 0 amide bonds. The first-order valence-corrected chi connectivity index (χ1v) is 8.28. The Kier molecular flexibility index (Phi) is 4.25. The van der Waals surface area contributed by atoms with Gasteiger partial charge in [0.2, 0.25) is 0 Å². The van der Waals surface area contributed by atoms with E-state index in [0.717, 1.165) is 30.9 Å². The number of tetrazole rings is 1. The molecule has 1 fully saturated rings. The molecule has 0 saturated heterocycles. The summed E-state index contributed by atoms with van der Waals surface area (Å²) in [6, 6.07) is 6.42. The van der Waals surface area contributed by atoms with E-state index in [4.69, 9.17) is 0 Å². The summed E-state index contributed by atoms with van der Waals surface area (Å²) < 4.78 is 1.93. The molecule has 0 aliphatic heterocycles. The van der Waals surface area contributed by atoms with Crippen molar-refractivity contribution in [3.63, 3.8) is 0 Å². The molecule has 1 N–H and O–H groups in total. The predicted molar refractivity (Wildman–Crippen MR) is 87.1 cm³/mol. The Bertz CT molecular complexity index is 635. The molecule has 0 radical (unpaired) electrons. The van der Waals surface area contributed by atoms with Gasteiger partial charge in [-0.2, -0.15) is 4.68 Å². The van der Waals surface area contributed by atoms with Crippen molar-refractivity contribution in [2.24, 2.45) is 0 Å². The maximum atomic E-state index is 4.41. The molecular formula is C17H25N5.